The van der Waals surface area contributed by atoms with E-state index in [1.165, 1.54) is 0 Å². The lowest BCUT2D eigenvalue weighted by molar-refractivity contribution is 0.230. The summed E-state index contributed by atoms with van der Waals surface area (Å²) in [6.45, 7) is 8.49. The van der Waals surface area contributed by atoms with Crippen LogP contribution >= 0.6 is 15.9 Å². The molecular weight excluding hydrogens is 370 g/mol. The third-order valence-corrected chi connectivity index (χ3v) is 4.41. The molecule has 6 nitrogen and oxygen atoms in total. The molecule has 0 fully saturated rings. The van der Waals surface area contributed by atoms with Gasteiger partial charge in [-0.25, -0.2) is 9.97 Å². The molecule has 0 spiro atoms. The third kappa shape index (κ3) is 3.36. The summed E-state index contributed by atoms with van der Waals surface area (Å²) >= 11 is 3.55. The summed E-state index contributed by atoms with van der Waals surface area (Å²) in [7, 11) is 0. The molecule has 0 atom stereocenters. The van der Waals surface area contributed by atoms with Crippen molar-refractivity contribution < 1.29 is 4.74 Å². The van der Waals surface area contributed by atoms with Crippen LogP contribution in [0.4, 0.5) is 5.82 Å². The molecule has 1 N–H and O–H groups in total. The molecule has 0 amide bonds. The van der Waals surface area contributed by atoms with Crippen LogP contribution in [0.25, 0.3) is 5.65 Å². The Hall–Kier alpha value is -2.15. The van der Waals surface area contributed by atoms with E-state index < -0.39 is 0 Å². The number of fused-ring (bicyclic) bond motifs is 1. The van der Waals surface area contributed by atoms with Crippen molar-refractivity contribution in [3.8, 4) is 5.88 Å². The van der Waals surface area contributed by atoms with Crippen LogP contribution in [0.15, 0.2) is 28.9 Å². The van der Waals surface area contributed by atoms with Gasteiger partial charge in [-0.3, -0.25) is 0 Å². The number of pyridine rings is 1. The quantitative estimate of drug-likeness (QED) is 0.716. The fourth-order valence-electron chi connectivity index (χ4n) is 2.42. The van der Waals surface area contributed by atoms with Crippen LogP contribution in [0.2, 0.25) is 0 Å². The molecular formula is C17H20BrN5O. The Balaban J connectivity index is 1.90. The van der Waals surface area contributed by atoms with Crippen molar-refractivity contribution in [2.75, 3.05) is 5.32 Å². The highest BCUT2D eigenvalue weighted by Gasteiger charge is 2.13. The maximum atomic E-state index is 5.77. The first-order chi connectivity index (χ1) is 11.5. The minimum atomic E-state index is 0.0817. The molecule has 0 aliphatic heterocycles. The number of aromatic nitrogens is 4. The van der Waals surface area contributed by atoms with Gasteiger partial charge >= 0.3 is 0 Å². The van der Waals surface area contributed by atoms with Crippen molar-refractivity contribution in [3.05, 3.63) is 45.8 Å². The van der Waals surface area contributed by atoms with Gasteiger partial charge in [0.15, 0.2) is 5.65 Å². The molecule has 24 heavy (non-hydrogen) atoms. The number of ether oxygens (including phenoxy) is 1. The van der Waals surface area contributed by atoms with Gasteiger partial charge in [-0.1, -0.05) is 6.07 Å². The average Bonchev–Trinajstić information content (AvgIpc) is 2.81. The van der Waals surface area contributed by atoms with Gasteiger partial charge in [-0.15, -0.1) is 0 Å². The van der Waals surface area contributed by atoms with E-state index in [2.05, 4.69) is 36.3 Å². The summed E-state index contributed by atoms with van der Waals surface area (Å²) in [5, 5.41) is 7.95. The van der Waals surface area contributed by atoms with Gasteiger partial charge < -0.3 is 10.1 Å². The predicted octanol–water partition coefficient (Wildman–Crippen LogP) is 3.90. The van der Waals surface area contributed by atoms with E-state index in [-0.39, 0.29) is 6.10 Å². The molecule has 0 unspecified atom stereocenters. The fraction of sp³-hybridized carbons (Fsp3) is 0.353. The van der Waals surface area contributed by atoms with Crippen molar-refractivity contribution in [3.63, 3.8) is 0 Å². The third-order valence-electron chi connectivity index (χ3n) is 3.48. The van der Waals surface area contributed by atoms with Gasteiger partial charge in [0.2, 0.25) is 5.88 Å². The zero-order chi connectivity index (χ0) is 17.3. The van der Waals surface area contributed by atoms with Crippen molar-refractivity contribution in [2.24, 2.45) is 0 Å². The summed E-state index contributed by atoms with van der Waals surface area (Å²) in [5.74, 6) is 1.53. The van der Waals surface area contributed by atoms with E-state index >= 15 is 0 Å². The van der Waals surface area contributed by atoms with E-state index in [4.69, 9.17) is 4.74 Å². The summed E-state index contributed by atoms with van der Waals surface area (Å²) in [5.41, 5.74) is 3.63. The topological polar surface area (TPSA) is 64.3 Å². The number of anilines is 1. The number of halogens is 1. The molecule has 0 saturated heterocycles. The Kier molecular flexibility index (Phi) is 4.71. The number of nitrogens with zero attached hydrogens (tertiary/aromatic N) is 4. The molecule has 0 saturated carbocycles. The number of nitrogens with one attached hydrogen (secondary N) is 1. The first kappa shape index (κ1) is 16.7. The molecule has 0 aromatic carbocycles. The SMILES string of the molecule is Cc1cc(NCc2cccnc2OC(C)C)n2nc(C)c(Br)c2n1. The molecule has 126 valence electrons. The molecule has 3 rings (SSSR count). The Morgan fingerprint density at radius 2 is 2.12 bits per heavy atom. The Bertz CT molecular complexity index is 875. The monoisotopic (exact) mass is 389 g/mol. The second kappa shape index (κ2) is 6.76. The van der Waals surface area contributed by atoms with Gasteiger partial charge in [0.25, 0.3) is 0 Å². The summed E-state index contributed by atoms with van der Waals surface area (Å²) in [6.07, 6.45) is 1.82. The van der Waals surface area contributed by atoms with Crippen LogP contribution in [0.3, 0.4) is 0 Å². The lowest BCUT2D eigenvalue weighted by Crippen LogP contribution is -2.12. The largest absolute Gasteiger partial charge is 0.475 e. The predicted molar refractivity (Wildman–Crippen MR) is 97.5 cm³/mol. The van der Waals surface area contributed by atoms with E-state index in [1.807, 2.05) is 50.4 Å². The highest BCUT2D eigenvalue weighted by molar-refractivity contribution is 9.10. The van der Waals surface area contributed by atoms with Gasteiger partial charge in [0.05, 0.1) is 16.3 Å². The number of rotatable bonds is 5. The summed E-state index contributed by atoms with van der Waals surface area (Å²) < 4.78 is 8.50. The minimum absolute atomic E-state index is 0.0817. The molecule has 7 heteroatoms. The lowest BCUT2D eigenvalue weighted by atomic mass is 10.2. The van der Waals surface area contributed by atoms with Crippen LogP contribution in [0, 0.1) is 13.8 Å². The smallest absolute Gasteiger partial charge is 0.218 e. The van der Waals surface area contributed by atoms with Crippen LogP contribution in [0.5, 0.6) is 5.88 Å². The maximum Gasteiger partial charge on any atom is 0.218 e. The standard InChI is InChI=1S/C17H20BrN5O/c1-10(2)24-17-13(6-5-7-19-17)9-20-14-8-11(3)21-16-15(18)12(4)22-23(14)16/h5-8,10,20H,9H2,1-4H3. The zero-order valence-corrected chi connectivity index (χ0v) is 15.8. The number of hydrogen-bond acceptors (Lipinski definition) is 5. The first-order valence-corrected chi connectivity index (χ1v) is 8.62. The second-order valence-electron chi connectivity index (χ2n) is 5.91. The van der Waals surface area contributed by atoms with E-state index in [0.29, 0.717) is 12.4 Å². The van der Waals surface area contributed by atoms with Gasteiger partial charge in [0.1, 0.15) is 5.82 Å². The summed E-state index contributed by atoms with van der Waals surface area (Å²) in [4.78, 5) is 8.87. The van der Waals surface area contributed by atoms with Crippen LogP contribution in [-0.2, 0) is 6.54 Å². The van der Waals surface area contributed by atoms with Crippen LogP contribution in [0.1, 0.15) is 30.8 Å². The van der Waals surface area contributed by atoms with Gasteiger partial charge in [0, 0.05) is 30.1 Å². The second-order valence-corrected chi connectivity index (χ2v) is 6.70. The van der Waals surface area contributed by atoms with E-state index in [1.54, 1.807) is 6.20 Å². The lowest BCUT2D eigenvalue weighted by Gasteiger charge is -2.14. The van der Waals surface area contributed by atoms with Gasteiger partial charge in [-0.2, -0.15) is 9.61 Å². The molecule has 3 aromatic rings. The molecule has 0 aliphatic carbocycles. The van der Waals surface area contributed by atoms with Crippen LogP contribution in [-0.4, -0.2) is 25.7 Å². The molecule has 3 aromatic heterocycles. The van der Waals surface area contributed by atoms with Gasteiger partial charge in [-0.05, 0) is 49.7 Å². The molecule has 3 heterocycles. The van der Waals surface area contributed by atoms with Crippen molar-refractivity contribution >= 4 is 27.4 Å². The van der Waals surface area contributed by atoms with Crippen molar-refractivity contribution in [1.82, 2.24) is 19.6 Å². The minimum Gasteiger partial charge on any atom is -0.475 e. The summed E-state index contributed by atoms with van der Waals surface area (Å²) in [6, 6.07) is 5.89. The Morgan fingerprint density at radius 3 is 2.88 bits per heavy atom. The highest BCUT2D eigenvalue weighted by atomic mass is 79.9. The molecule has 0 aliphatic rings. The molecule has 0 radical (unpaired) electrons. The average molecular weight is 390 g/mol. The Morgan fingerprint density at radius 1 is 1.33 bits per heavy atom. The van der Waals surface area contributed by atoms with E-state index in [9.17, 15) is 0 Å². The normalized spacial score (nSPS) is 11.2. The van der Waals surface area contributed by atoms with Crippen molar-refractivity contribution in [1.29, 1.82) is 0 Å². The molecule has 0 bridgehead atoms. The Labute approximate surface area is 149 Å². The first-order valence-electron chi connectivity index (χ1n) is 7.82. The van der Waals surface area contributed by atoms with E-state index in [0.717, 1.165) is 32.9 Å². The number of aryl methyl sites for hydroxylation is 2. The zero-order valence-electron chi connectivity index (χ0n) is 14.2. The fourth-order valence-corrected chi connectivity index (χ4v) is 2.75. The highest BCUT2D eigenvalue weighted by Crippen LogP contribution is 2.24. The number of hydrogen-bond donors (Lipinski definition) is 1. The maximum absolute atomic E-state index is 5.77. The van der Waals surface area contributed by atoms with Crippen LogP contribution < -0.4 is 10.1 Å². The van der Waals surface area contributed by atoms with Crippen molar-refractivity contribution in [2.45, 2.75) is 40.3 Å².